The smallest absolute Gasteiger partial charge is 0.254 e. The Bertz CT molecular complexity index is 630. The van der Waals surface area contributed by atoms with Gasteiger partial charge in [0.15, 0.2) is 9.84 Å². The van der Waals surface area contributed by atoms with Gasteiger partial charge in [-0.3, -0.25) is 4.79 Å². The molecular weight excluding hydrogens is 264 g/mol. The number of nitrogens with zero attached hydrogens (tertiary/aromatic N) is 1. The Labute approximate surface area is 113 Å². The summed E-state index contributed by atoms with van der Waals surface area (Å²) in [6.07, 6.45) is 6.25. The Balaban J connectivity index is 3.25. The lowest BCUT2D eigenvalue weighted by Gasteiger charge is -2.18. The average Bonchev–Trinajstić information content (AvgIpc) is 2.33. The van der Waals surface area contributed by atoms with Crippen LogP contribution in [0.15, 0.2) is 23.1 Å². The van der Waals surface area contributed by atoms with Crippen LogP contribution in [0.25, 0.3) is 0 Å². The quantitative estimate of drug-likeness (QED) is 0.652. The molecule has 0 fully saturated rings. The lowest BCUT2D eigenvalue weighted by Crippen LogP contribution is -2.31. The fourth-order valence-corrected chi connectivity index (χ4v) is 2.27. The molecule has 0 saturated carbocycles. The number of benzene rings is 1. The molecule has 1 aromatic rings. The minimum absolute atomic E-state index is 0.0209. The molecule has 1 rings (SSSR count). The third-order valence-corrected chi connectivity index (χ3v) is 3.65. The summed E-state index contributed by atoms with van der Waals surface area (Å²) in [6.45, 7) is 2.39. The molecule has 0 bridgehead atoms. The molecule has 0 radical (unpaired) electrons. The molecule has 0 heterocycles. The molecule has 0 spiro atoms. The van der Waals surface area contributed by atoms with E-state index in [-0.39, 0.29) is 28.6 Å². The summed E-state index contributed by atoms with van der Waals surface area (Å²) < 4.78 is 23.0. The van der Waals surface area contributed by atoms with Gasteiger partial charge in [-0.05, 0) is 25.1 Å². The molecule has 2 N–H and O–H groups in total. The topological polar surface area (TPSA) is 80.5 Å². The largest absolute Gasteiger partial charge is 0.399 e. The van der Waals surface area contributed by atoms with Crippen molar-refractivity contribution in [2.45, 2.75) is 11.8 Å². The Hall–Kier alpha value is -2.00. The maximum atomic E-state index is 12.2. The molecule has 0 atom stereocenters. The maximum Gasteiger partial charge on any atom is 0.254 e. The van der Waals surface area contributed by atoms with Gasteiger partial charge in [0.05, 0.1) is 11.4 Å². The third kappa shape index (κ3) is 3.73. The molecule has 1 aromatic carbocycles. The van der Waals surface area contributed by atoms with Gasteiger partial charge in [-0.15, -0.1) is 6.42 Å². The number of anilines is 1. The second-order valence-electron chi connectivity index (χ2n) is 4.09. The van der Waals surface area contributed by atoms with Crippen LogP contribution in [0.4, 0.5) is 5.69 Å². The standard InChI is InChI=1S/C13H16N2O3S/c1-4-6-15(5-2)13(16)10-7-11(14)9-12(8-10)19(3,17)18/h1,7-9H,5-6,14H2,2-3H3. The Kier molecular flexibility index (Phi) is 4.57. The Morgan fingerprint density at radius 3 is 2.53 bits per heavy atom. The molecular formula is C13H16N2O3S. The van der Waals surface area contributed by atoms with E-state index in [4.69, 9.17) is 12.2 Å². The van der Waals surface area contributed by atoms with Gasteiger partial charge < -0.3 is 10.6 Å². The van der Waals surface area contributed by atoms with E-state index in [1.165, 1.54) is 23.1 Å². The van der Waals surface area contributed by atoms with Crippen molar-refractivity contribution >= 4 is 21.4 Å². The first kappa shape index (κ1) is 15.1. The first-order valence-corrected chi connectivity index (χ1v) is 7.52. The summed E-state index contributed by atoms with van der Waals surface area (Å²) in [5, 5.41) is 0. The van der Waals surface area contributed by atoms with Crippen LogP contribution in [-0.4, -0.2) is 38.6 Å². The predicted octanol–water partition coefficient (Wildman–Crippen LogP) is 0.768. The highest BCUT2D eigenvalue weighted by molar-refractivity contribution is 7.90. The molecule has 0 aliphatic rings. The summed E-state index contributed by atoms with van der Waals surface area (Å²) in [4.78, 5) is 13.6. The maximum absolute atomic E-state index is 12.2. The van der Waals surface area contributed by atoms with Crippen LogP contribution >= 0.6 is 0 Å². The molecule has 1 amide bonds. The number of carbonyl (C=O) groups excluding carboxylic acids is 1. The summed E-state index contributed by atoms with van der Waals surface area (Å²) in [5.41, 5.74) is 6.08. The highest BCUT2D eigenvalue weighted by Crippen LogP contribution is 2.18. The zero-order valence-electron chi connectivity index (χ0n) is 10.9. The van der Waals surface area contributed by atoms with E-state index >= 15 is 0 Å². The number of sulfone groups is 1. The number of amides is 1. The molecule has 102 valence electrons. The summed E-state index contributed by atoms with van der Waals surface area (Å²) >= 11 is 0. The number of nitrogen functional groups attached to an aromatic ring is 1. The van der Waals surface area contributed by atoms with Gasteiger partial charge >= 0.3 is 0 Å². The zero-order valence-corrected chi connectivity index (χ0v) is 11.7. The second-order valence-corrected chi connectivity index (χ2v) is 6.10. The average molecular weight is 280 g/mol. The van der Waals surface area contributed by atoms with E-state index in [2.05, 4.69) is 5.92 Å². The van der Waals surface area contributed by atoms with Gasteiger partial charge in [0.25, 0.3) is 5.91 Å². The van der Waals surface area contributed by atoms with Gasteiger partial charge in [0.2, 0.25) is 0 Å². The molecule has 0 aromatic heterocycles. The third-order valence-electron chi connectivity index (χ3n) is 2.56. The van der Waals surface area contributed by atoms with Crippen LogP contribution in [-0.2, 0) is 9.84 Å². The number of carbonyl (C=O) groups is 1. The first-order chi connectivity index (χ1) is 8.79. The van der Waals surface area contributed by atoms with E-state index in [0.717, 1.165) is 6.26 Å². The Morgan fingerprint density at radius 1 is 1.42 bits per heavy atom. The van der Waals surface area contributed by atoms with Crippen molar-refractivity contribution in [1.82, 2.24) is 4.90 Å². The van der Waals surface area contributed by atoms with E-state index in [1.54, 1.807) is 6.92 Å². The predicted molar refractivity (Wildman–Crippen MR) is 74.4 cm³/mol. The monoisotopic (exact) mass is 280 g/mol. The van der Waals surface area contributed by atoms with Crippen LogP contribution in [0.5, 0.6) is 0 Å². The van der Waals surface area contributed by atoms with Crippen molar-refractivity contribution in [2.75, 3.05) is 25.1 Å². The van der Waals surface area contributed by atoms with E-state index in [1.807, 2.05) is 0 Å². The van der Waals surface area contributed by atoms with Crippen LogP contribution in [0.2, 0.25) is 0 Å². The molecule has 5 nitrogen and oxygen atoms in total. The van der Waals surface area contributed by atoms with Crippen LogP contribution in [0.3, 0.4) is 0 Å². The lowest BCUT2D eigenvalue weighted by atomic mass is 10.1. The van der Waals surface area contributed by atoms with Gasteiger partial charge in [-0.1, -0.05) is 5.92 Å². The number of hydrogen-bond donors (Lipinski definition) is 1. The SMILES string of the molecule is C#CCN(CC)C(=O)c1cc(N)cc(S(C)(=O)=O)c1. The minimum Gasteiger partial charge on any atom is -0.399 e. The van der Waals surface area contributed by atoms with Crippen molar-refractivity contribution in [3.8, 4) is 12.3 Å². The molecule has 6 heteroatoms. The number of hydrogen-bond acceptors (Lipinski definition) is 4. The zero-order chi connectivity index (χ0) is 14.6. The van der Waals surface area contributed by atoms with E-state index in [0.29, 0.717) is 6.54 Å². The normalized spacial score (nSPS) is 10.8. The summed E-state index contributed by atoms with van der Waals surface area (Å²) in [6, 6.07) is 4.08. The molecule has 0 aliphatic carbocycles. The summed E-state index contributed by atoms with van der Waals surface area (Å²) in [5.74, 6) is 2.05. The van der Waals surface area contributed by atoms with Crippen LogP contribution < -0.4 is 5.73 Å². The molecule has 19 heavy (non-hydrogen) atoms. The molecule has 0 unspecified atom stereocenters. The fourth-order valence-electron chi connectivity index (χ4n) is 1.58. The van der Waals surface area contributed by atoms with Gasteiger partial charge in [-0.2, -0.15) is 0 Å². The highest BCUT2D eigenvalue weighted by Gasteiger charge is 2.17. The van der Waals surface area contributed by atoms with Crippen molar-refractivity contribution in [3.63, 3.8) is 0 Å². The fraction of sp³-hybridized carbons (Fsp3) is 0.308. The van der Waals surface area contributed by atoms with Crippen LogP contribution in [0, 0.1) is 12.3 Å². The summed E-state index contributed by atoms with van der Waals surface area (Å²) in [7, 11) is -3.42. The van der Waals surface area contributed by atoms with Crippen molar-refractivity contribution in [3.05, 3.63) is 23.8 Å². The lowest BCUT2D eigenvalue weighted by molar-refractivity contribution is 0.0784. The van der Waals surface area contributed by atoms with Gasteiger partial charge in [0, 0.05) is 24.1 Å². The van der Waals surface area contributed by atoms with Crippen molar-refractivity contribution in [1.29, 1.82) is 0 Å². The van der Waals surface area contributed by atoms with Crippen LogP contribution in [0.1, 0.15) is 17.3 Å². The second kappa shape index (κ2) is 5.76. The Morgan fingerprint density at radius 2 is 2.05 bits per heavy atom. The van der Waals surface area contributed by atoms with E-state index < -0.39 is 9.84 Å². The van der Waals surface area contributed by atoms with Crippen molar-refractivity contribution < 1.29 is 13.2 Å². The van der Waals surface area contributed by atoms with Gasteiger partial charge in [0.1, 0.15) is 0 Å². The van der Waals surface area contributed by atoms with Gasteiger partial charge in [-0.25, -0.2) is 8.42 Å². The van der Waals surface area contributed by atoms with E-state index in [9.17, 15) is 13.2 Å². The molecule has 0 aliphatic heterocycles. The van der Waals surface area contributed by atoms with Crippen molar-refractivity contribution in [2.24, 2.45) is 0 Å². The number of terminal acetylenes is 1. The number of rotatable bonds is 4. The number of nitrogens with two attached hydrogens (primary N) is 1. The first-order valence-electron chi connectivity index (χ1n) is 5.63. The minimum atomic E-state index is -3.42. The molecule has 0 saturated heterocycles. The highest BCUT2D eigenvalue weighted by atomic mass is 32.2.